The lowest BCUT2D eigenvalue weighted by atomic mass is 10.1. The van der Waals surface area contributed by atoms with E-state index in [0.717, 1.165) is 12.2 Å². The number of carbonyl (C=O) groups is 1. The van der Waals surface area contributed by atoms with Crippen LogP contribution in [0, 0.1) is 12.3 Å². The van der Waals surface area contributed by atoms with Crippen LogP contribution in [0.3, 0.4) is 0 Å². The van der Waals surface area contributed by atoms with E-state index in [1.807, 2.05) is 45.0 Å². The second-order valence-electron chi connectivity index (χ2n) is 6.54. The zero-order valence-corrected chi connectivity index (χ0v) is 15.5. The first-order chi connectivity index (χ1) is 11.8. The van der Waals surface area contributed by atoms with Crippen molar-refractivity contribution in [3.63, 3.8) is 0 Å². The lowest BCUT2D eigenvalue weighted by Gasteiger charge is -2.21. The Kier molecular flexibility index (Phi) is 8.34. The Morgan fingerprint density at radius 2 is 1.92 bits per heavy atom. The number of nitrogens with one attached hydrogen (secondary N) is 3. The van der Waals surface area contributed by atoms with E-state index >= 15 is 0 Å². The number of terminal acetylenes is 1. The molecule has 0 aliphatic rings. The van der Waals surface area contributed by atoms with Gasteiger partial charge in [0.1, 0.15) is 12.4 Å². The maximum absolute atomic E-state index is 11.8. The zero-order chi connectivity index (χ0) is 18.7. The van der Waals surface area contributed by atoms with Crippen LogP contribution in [0.2, 0.25) is 0 Å². The lowest BCUT2D eigenvalue weighted by molar-refractivity contribution is -0.121. The summed E-state index contributed by atoms with van der Waals surface area (Å²) in [5.41, 5.74) is 0.924. The van der Waals surface area contributed by atoms with Crippen molar-refractivity contribution in [3.05, 3.63) is 29.8 Å². The van der Waals surface area contributed by atoms with Crippen molar-refractivity contribution in [1.82, 2.24) is 16.0 Å². The molecule has 6 nitrogen and oxygen atoms in total. The molecule has 1 aromatic carbocycles. The van der Waals surface area contributed by atoms with Crippen molar-refractivity contribution in [1.29, 1.82) is 0 Å². The highest BCUT2D eigenvalue weighted by Crippen LogP contribution is 2.12. The first kappa shape index (κ1) is 20.4. The summed E-state index contributed by atoms with van der Waals surface area (Å²) in [6.45, 7) is 6.98. The molecular weight excluding hydrogens is 316 g/mol. The van der Waals surface area contributed by atoms with E-state index in [9.17, 15) is 4.79 Å². The monoisotopic (exact) mass is 344 g/mol. The third kappa shape index (κ3) is 9.26. The minimum absolute atomic E-state index is 0.0713. The average Bonchev–Trinajstić information content (AvgIpc) is 2.55. The molecule has 0 aliphatic carbocycles. The molecule has 0 aliphatic heterocycles. The van der Waals surface area contributed by atoms with Crippen LogP contribution in [0.25, 0.3) is 0 Å². The second-order valence-corrected chi connectivity index (χ2v) is 6.54. The van der Waals surface area contributed by atoms with E-state index in [2.05, 4.69) is 26.9 Å². The first-order valence-corrected chi connectivity index (χ1v) is 8.25. The van der Waals surface area contributed by atoms with Gasteiger partial charge >= 0.3 is 0 Å². The highest BCUT2D eigenvalue weighted by Gasteiger charge is 2.13. The van der Waals surface area contributed by atoms with Gasteiger partial charge in [-0.25, -0.2) is 0 Å². The molecule has 1 aromatic rings. The van der Waals surface area contributed by atoms with Gasteiger partial charge in [0, 0.05) is 19.1 Å². The Morgan fingerprint density at radius 3 is 2.48 bits per heavy atom. The minimum atomic E-state index is -0.244. The number of benzene rings is 1. The van der Waals surface area contributed by atoms with Crippen molar-refractivity contribution < 1.29 is 9.53 Å². The molecule has 0 aromatic heterocycles. The highest BCUT2D eigenvalue weighted by atomic mass is 16.5. The highest BCUT2D eigenvalue weighted by molar-refractivity contribution is 5.86. The number of hydrogen-bond donors (Lipinski definition) is 3. The van der Waals surface area contributed by atoms with E-state index in [-0.39, 0.29) is 24.6 Å². The van der Waals surface area contributed by atoms with Crippen LogP contribution in [0.1, 0.15) is 26.3 Å². The Bertz CT molecular complexity index is 610. The normalized spacial score (nSPS) is 11.4. The van der Waals surface area contributed by atoms with Crippen molar-refractivity contribution in [3.8, 4) is 18.1 Å². The number of rotatable bonds is 7. The van der Waals surface area contributed by atoms with Gasteiger partial charge in [0.25, 0.3) is 0 Å². The molecular formula is C19H28N4O2. The van der Waals surface area contributed by atoms with Gasteiger partial charge in [0.05, 0.1) is 6.54 Å². The number of carbonyl (C=O) groups excluding carboxylic acids is 1. The van der Waals surface area contributed by atoms with Gasteiger partial charge in [-0.15, -0.1) is 6.42 Å². The lowest BCUT2D eigenvalue weighted by Crippen LogP contribution is -2.48. The Hall–Kier alpha value is -2.68. The third-order valence-corrected chi connectivity index (χ3v) is 3.11. The Balaban J connectivity index is 2.33. The summed E-state index contributed by atoms with van der Waals surface area (Å²) in [5.74, 6) is 3.72. The average molecular weight is 344 g/mol. The molecule has 1 amide bonds. The summed E-state index contributed by atoms with van der Waals surface area (Å²) in [7, 11) is 1.68. The van der Waals surface area contributed by atoms with Crippen molar-refractivity contribution in [2.75, 3.05) is 26.7 Å². The van der Waals surface area contributed by atoms with Crippen LogP contribution in [-0.4, -0.2) is 44.1 Å². The number of ether oxygens (including phenoxy) is 1. The SMILES string of the molecule is C#CCOc1ccc(CCNC(=NC)NCC(=O)NC(C)(C)C)cc1. The quantitative estimate of drug-likeness (QED) is 0.396. The van der Waals surface area contributed by atoms with Crippen LogP contribution >= 0.6 is 0 Å². The molecule has 0 spiro atoms. The summed E-state index contributed by atoms with van der Waals surface area (Å²) in [5, 5.41) is 9.08. The summed E-state index contributed by atoms with van der Waals surface area (Å²) in [6.07, 6.45) is 5.99. The van der Waals surface area contributed by atoms with Gasteiger partial charge in [0.15, 0.2) is 5.96 Å². The summed E-state index contributed by atoms with van der Waals surface area (Å²) in [6, 6.07) is 7.80. The zero-order valence-electron chi connectivity index (χ0n) is 15.5. The maximum atomic E-state index is 11.8. The van der Waals surface area contributed by atoms with Crippen molar-refractivity contribution in [2.45, 2.75) is 32.7 Å². The molecule has 0 radical (unpaired) electrons. The van der Waals surface area contributed by atoms with E-state index in [1.54, 1.807) is 7.05 Å². The largest absolute Gasteiger partial charge is 0.481 e. The number of aliphatic imine (C=N–C) groups is 1. The maximum Gasteiger partial charge on any atom is 0.239 e. The molecule has 0 heterocycles. The number of amides is 1. The van der Waals surface area contributed by atoms with Crippen LogP contribution in [0.15, 0.2) is 29.3 Å². The van der Waals surface area contributed by atoms with E-state index < -0.39 is 0 Å². The molecule has 0 saturated carbocycles. The van der Waals surface area contributed by atoms with Crippen LogP contribution < -0.4 is 20.7 Å². The fourth-order valence-corrected chi connectivity index (χ4v) is 2.05. The van der Waals surface area contributed by atoms with E-state index in [1.165, 1.54) is 5.56 Å². The minimum Gasteiger partial charge on any atom is -0.481 e. The van der Waals surface area contributed by atoms with Crippen LogP contribution in [-0.2, 0) is 11.2 Å². The molecule has 6 heteroatoms. The molecule has 1 rings (SSSR count). The summed E-state index contributed by atoms with van der Waals surface area (Å²) >= 11 is 0. The molecule has 3 N–H and O–H groups in total. The topological polar surface area (TPSA) is 74.8 Å². The molecule has 0 fully saturated rings. The molecule has 136 valence electrons. The van der Waals surface area contributed by atoms with E-state index in [0.29, 0.717) is 12.5 Å². The Labute approximate surface area is 150 Å². The molecule has 0 saturated heterocycles. The third-order valence-electron chi connectivity index (χ3n) is 3.11. The molecule has 0 atom stereocenters. The predicted molar refractivity (Wildman–Crippen MR) is 102 cm³/mol. The fourth-order valence-electron chi connectivity index (χ4n) is 2.05. The van der Waals surface area contributed by atoms with Crippen LogP contribution in [0.4, 0.5) is 0 Å². The standard InChI is InChI=1S/C19H28N4O2/c1-6-13-25-16-9-7-15(8-10-16)11-12-21-18(20-5)22-14-17(24)23-19(2,3)4/h1,7-10H,11-14H2,2-5H3,(H,23,24)(H2,20,21,22). The first-order valence-electron chi connectivity index (χ1n) is 8.25. The predicted octanol–water partition coefficient (Wildman–Crippen LogP) is 1.32. The fraction of sp³-hybridized carbons (Fsp3) is 0.474. The van der Waals surface area contributed by atoms with Gasteiger partial charge < -0.3 is 20.7 Å². The van der Waals surface area contributed by atoms with Gasteiger partial charge in [-0.2, -0.15) is 0 Å². The number of guanidine groups is 1. The van der Waals surface area contributed by atoms with Crippen LogP contribution in [0.5, 0.6) is 5.75 Å². The second kappa shape index (κ2) is 10.2. The summed E-state index contributed by atoms with van der Waals surface area (Å²) < 4.78 is 5.34. The van der Waals surface area contributed by atoms with E-state index in [4.69, 9.17) is 11.2 Å². The van der Waals surface area contributed by atoms with Gasteiger partial charge in [-0.3, -0.25) is 9.79 Å². The molecule has 0 unspecified atom stereocenters. The Morgan fingerprint density at radius 1 is 1.24 bits per heavy atom. The smallest absolute Gasteiger partial charge is 0.239 e. The number of hydrogen-bond acceptors (Lipinski definition) is 3. The van der Waals surface area contributed by atoms with Gasteiger partial charge in [-0.1, -0.05) is 18.1 Å². The molecule has 25 heavy (non-hydrogen) atoms. The van der Waals surface area contributed by atoms with Crippen molar-refractivity contribution >= 4 is 11.9 Å². The van der Waals surface area contributed by atoms with Crippen molar-refractivity contribution in [2.24, 2.45) is 4.99 Å². The summed E-state index contributed by atoms with van der Waals surface area (Å²) in [4.78, 5) is 15.9. The van der Waals surface area contributed by atoms with Gasteiger partial charge in [-0.05, 0) is 44.9 Å². The van der Waals surface area contributed by atoms with Gasteiger partial charge in [0.2, 0.25) is 5.91 Å². The number of nitrogens with zero attached hydrogens (tertiary/aromatic N) is 1. The molecule has 0 bridgehead atoms.